The molecule has 0 aliphatic heterocycles. The minimum Gasteiger partial charge on any atom is -0.376 e. The van der Waals surface area contributed by atoms with Crippen molar-refractivity contribution in [2.24, 2.45) is 11.7 Å². The maximum Gasteiger partial charge on any atom is 0.220 e. The molecule has 0 aromatic carbocycles. The molecule has 4 nitrogen and oxygen atoms in total. The first-order valence-corrected chi connectivity index (χ1v) is 8.38. The summed E-state index contributed by atoms with van der Waals surface area (Å²) in [6.45, 7) is 1.30. The highest BCUT2D eigenvalue weighted by molar-refractivity contribution is 5.76. The van der Waals surface area contributed by atoms with Crippen LogP contribution in [0.1, 0.15) is 64.2 Å². The van der Waals surface area contributed by atoms with Gasteiger partial charge < -0.3 is 15.8 Å². The van der Waals surface area contributed by atoms with Crippen molar-refractivity contribution in [3.05, 3.63) is 0 Å². The lowest BCUT2D eigenvalue weighted by Crippen LogP contribution is -2.33. The quantitative estimate of drug-likeness (QED) is 0.735. The van der Waals surface area contributed by atoms with E-state index in [2.05, 4.69) is 5.32 Å². The molecule has 116 valence electrons. The first-order valence-electron chi connectivity index (χ1n) is 8.38. The van der Waals surface area contributed by atoms with Crippen LogP contribution in [0.5, 0.6) is 0 Å². The number of carbonyl (C=O) groups is 1. The number of ether oxygens (including phenoxy) is 1. The van der Waals surface area contributed by atoms with E-state index in [-0.39, 0.29) is 5.91 Å². The first-order chi connectivity index (χ1) is 9.74. The Morgan fingerprint density at radius 1 is 1.10 bits per heavy atom. The molecule has 0 heterocycles. The van der Waals surface area contributed by atoms with Crippen LogP contribution in [0, 0.1) is 5.92 Å². The molecular formula is C16H30N2O2. The molecule has 2 atom stereocenters. The van der Waals surface area contributed by atoms with Crippen molar-refractivity contribution in [2.75, 3.05) is 13.2 Å². The van der Waals surface area contributed by atoms with Crippen molar-refractivity contribution in [3.63, 3.8) is 0 Å². The Bertz CT molecular complexity index is 290. The molecule has 0 spiro atoms. The lowest BCUT2D eigenvalue weighted by molar-refractivity contribution is -0.122. The second-order valence-corrected chi connectivity index (χ2v) is 6.48. The van der Waals surface area contributed by atoms with Crippen molar-refractivity contribution in [2.45, 2.75) is 76.4 Å². The Balaban J connectivity index is 1.51. The van der Waals surface area contributed by atoms with Gasteiger partial charge in [-0.15, -0.1) is 0 Å². The third-order valence-corrected chi connectivity index (χ3v) is 4.63. The van der Waals surface area contributed by atoms with E-state index in [4.69, 9.17) is 10.5 Å². The largest absolute Gasteiger partial charge is 0.376 e. The highest BCUT2D eigenvalue weighted by Crippen LogP contribution is 2.25. The summed E-state index contributed by atoms with van der Waals surface area (Å²) >= 11 is 0. The molecular weight excluding hydrogens is 252 g/mol. The van der Waals surface area contributed by atoms with Gasteiger partial charge in [0.2, 0.25) is 5.91 Å². The predicted molar refractivity (Wildman–Crippen MR) is 80.4 cm³/mol. The number of hydrogen-bond acceptors (Lipinski definition) is 3. The van der Waals surface area contributed by atoms with Crippen molar-refractivity contribution in [1.29, 1.82) is 0 Å². The molecule has 4 heteroatoms. The lowest BCUT2D eigenvalue weighted by Gasteiger charge is -2.26. The second kappa shape index (κ2) is 8.63. The lowest BCUT2D eigenvalue weighted by atomic mass is 9.84. The van der Waals surface area contributed by atoms with Crippen LogP contribution >= 0.6 is 0 Å². The number of nitrogens with two attached hydrogens (primary N) is 1. The van der Waals surface area contributed by atoms with Gasteiger partial charge in [0.15, 0.2) is 0 Å². The van der Waals surface area contributed by atoms with Crippen molar-refractivity contribution in [3.8, 4) is 0 Å². The Morgan fingerprint density at radius 2 is 1.90 bits per heavy atom. The van der Waals surface area contributed by atoms with Gasteiger partial charge >= 0.3 is 0 Å². The topological polar surface area (TPSA) is 64.4 Å². The zero-order valence-corrected chi connectivity index (χ0v) is 12.6. The molecule has 2 unspecified atom stereocenters. The van der Waals surface area contributed by atoms with Gasteiger partial charge in [-0.2, -0.15) is 0 Å². The third kappa shape index (κ3) is 5.80. The van der Waals surface area contributed by atoms with Gasteiger partial charge in [-0.25, -0.2) is 0 Å². The minimum absolute atomic E-state index is 0.163. The van der Waals surface area contributed by atoms with Gasteiger partial charge in [0, 0.05) is 19.0 Å². The van der Waals surface area contributed by atoms with Crippen LogP contribution in [0.4, 0.5) is 0 Å². The van der Waals surface area contributed by atoms with E-state index < -0.39 is 0 Å². The standard InChI is InChI=1S/C16H30N2O2/c17-14-6-4-5-13(11-14)12-16(19)18-9-10-20-15-7-2-1-3-8-15/h13-15H,1-12,17H2,(H,18,19). The van der Waals surface area contributed by atoms with E-state index in [1.54, 1.807) is 0 Å². The van der Waals surface area contributed by atoms with Gasteiger partial charge in [-0.3, -0.25) is 4.79 Å². The zero-order valence-electron chi connectivity index (χ0n) is 12.6. The van der Waals surface area contributed by atoms with E-state index in [1.165, 1.54) is 38.5 Å². The summed E-state index contributed by atoms with van der Waals surface area (Å²) in [6, 6.07) is 0.302. The van der Waals surface area contributed by atoms with E-state index in [0.717, 1.165) is 19.3 Å². The van der Waals surface area contributed by atoms with Crippen molar-refractivity contribution in [1.82, 2.24) is 5.32 Å². The normalized spacial score (nSPS) is 28.2. The van der Waals surface area contributed by atoms with Crippen LogP contribution < -0.4 is 11.1 Å². The fourth-order valence-electron chi connectivity index (χ4n) is 3.50. The van der Waals surface area contributed by atoms with Crippen molar-refractivity contribution >= 4 is 5.91 Å². The van der Waals surface area contributed by atoms with Crippen LogP contribution in [0.3, 0.4) is 0 Å². The molecule has 1 amide bonds. The van der Waals surface area contributed by atoms with E-state index in [0.29, 0.717) is 37.6 Å². The zero-order chi connectivity index (χ0) is 14.2. The molecule has 2 aliphatic rings. The van der Waals surface area contributed by atoms with E-state index in [9.17, 15) is 4.79 Å². The summed E-state index contributed by atoms with van der Waals surface area (Å²) in [6.07, 6.45) is 11.8. The van der Waals surface area contributed by atoms with E-state index >= 15 is 0 Å². The molecule has 0 saturated heterocycles. The molecule has 0 radical (unpaired) electrons. The molecule has 3 N–H and O–H groups in total. The van der Waals surface area contributed by atoms with Crippen LogP contribution in [0.15, 0.2) is 0 Å². The minimum atomic E-state index is 0.163. The van der Waals surface area contributed by atoms with Crippen LogP contribution in [-0.2, 0) is 9.53 Å². The summed E-state index contributed by atoms with van der Waals surface area (Å²) in [4.78, 5) is 11.9. The molecule has 2 aliphatic carbocycles. The van der Waals surface area contributed by atoms with Gasteiger partial charge in [-0.05, 0) is 38.0 Å². The Kier molecular flexibility index (Phi) is 6.80. The smallest absolute Gasteiger partial charge is 0.220 e. The Morgan fingerprint density at radius 3 is 2.65 bits per heavy atom. The van der Waals surface area contributed by atoms with Gasteiger partial charge in [0.05, 0.1) is 12.7 Å². The van der Waals surface area contributed by atoms with Crippen molar-refractivity contribution < 1.29 is 9.53 Å². The average molecular weight is 282 g/mol. The monoisotopic (exact) mass is 282 g/mol. The molecule has 2 fully saturated rings. The molecule has 2 saturated carbocycles. The maximum atomic E-state index is 11.9. The highest BCUT2D eigenvalue weighted by atomic mass is 16.5. The molecule has 0 aromatic rings. The van der Waals surface area contributed by atoms with Gasteiger partial charge in [0.1, 0.15) is 0 Å². The van der Waals surface area contributed by atoms with Crippen LogP contribution in [0.25, 0.3) is 0 Å². The number of carbonyl (C=O) groups excluding carboxylic acids is 1. The predicted octanol–water partition coefficient (Wildman–Crippen LogP) is 2.36. The fraction of sp³-hybridized carbons (Fsp3) is 0.938. The summed E-state index contributed by atoms with van der Waals surface area (Å²) in [5, 5.41) is 2.98. The third-order valence-electron chi connectivity index (χ3n) is 4.63. The molecule has 20 heavy (non-hydrogen) atoms. The summed E-state index contributed by atoms with van der Waals surface area (Å²) < 4.78 is 5.81. The Hall–Kier alpha value is -0.610. The van der Waals surface area contributed by atoms with Gasteiger partial charge in [0.25, 0.3) is 0 Å². The first kappa shape index (κ1) is 15.8. The summed E-state index contributed by atoms with van der Waals surface area (Å²) in [7, 11) is 0. The molecule has 0 bridgehead atoms. The van der Waals surface area contributed by atoms with Crippen LogP contribution in [-0.4, -0.2) is 31.2 Å². The number of nitrogens with one attached hydrogen (secondary N) is 1. The summed E-state index contributed by atoms with van der Waals surface area (Å²) in [5.41, 5.74) is 5.95. The fourth-order valence-corrected chi connectivity index (χ4v) is 3.50. The molecule has 2 rings (SSSR count). The number of amides is 1. The summed E-state index contributed by atoms with van der Waals surface area (Å²) in [5.74, 6) is 0.648. The SMILES string of the molecule is NC1CCCC(CC(=O)NCCOC2CCCCC2)C1. The molecule has 0 aromatic heterocycles. The van der Waals surface area contributed by atoms with Gasteiger partial charge in [-0.1, -0.05) is 25.7 Å². The highest BCUT2D eigenvalue weighted by Gasteiger charge is 2.21. The van der Waals surface area contributed by atoms with E-state index in [1.807, 2.05) is 0 Å². The Labute approximate surface area is 122 Å². The number of rotatable bonds is 6. The second-order valence-electron chi connectivity index (χ2n) is 6.48. The number of hydrogen-bond donors (Lipinski definition) is 2. The average Bonchev–Trinajstić information content (AvgIpc) is 2.45. The maximum absolute atomic E-state index is 11.9. The van der Waals surface area contributed by atoms with Crippen LogP contribution in [0.2, 0.25) is 0 Å².